The lowest BCUT2D eigenvalue weighted by molar-refractivity contribution is -0.141. The van der Waals surface area contributed by atoms with Crippen LogP contribution in [0.5, 0.6) is 0 Å². The fourth-order valence-corrected chi connectivity index (χ4v) is 0.760. The van der Waals surface area contributed by atoms with Crippen molar-refractivity contribution in [1.29, 1.82) is 0 Å². The molecule has 0 unspecified atom stereocenters. The van der Waals surface area contributed by atoms with Crippen LogP contribution in [0.2, 0.25) is 0 Å². The van der Waals surface area contributed by atoms with E-state index in [1.165, 1.54) is 0 Å². The molecular weight excluding hydrogens is 189 g/mol. The number of nitrogens with zero attached hydrogens (tertiary/aromatic N) is 1. The van der Waals surface area contributed by atoms with E-state index in [1.54, 1.807) is 0 Å². The molecule has 0 atom stereocenters. The van der Waals surface area contributed by atoms with Crippen LogP contribution in [-0.4, -0.2) is 21.3 Å². The standard InChI is InChI=1S/C6H5F3N2O2/c7-6(8,9)4-1-3(10-11-4)2-5(12)13/h1H,2H2,(H,10,11)(H,12,13). The molecular formula is C6H5F3N2O2. The smallest absolute Gasteiger partial charge is 0.435 e. The molecule has 2 N–H and O–H groups in total. The van der Waals surface area contributed by atoms with Gasteiger partial charge in [0.1, 0.15) is 0 Å². The first kappa shape index (κ1) is 9.56. The lowest BCUT2D eigenvalue weighted by Gasteiger charge is -1.98. The van der Waals surface area contributed by atoms with Crippen LogP contribution in [-0.2, 0) is 17.4 Å². The number of hydrogen-bond acceptors (Lipinski definition) is 2. The molecule has 13 heavy (non-hydrogen) atoms. The Balaban J connectivity index is 2.81. The quantitative estimate of drug-likeness (QED) is 0.739. The summed E-state index contributed by atoms with van der Waals surface area (Å²) < 4.78 is 35.7. The molecule has 0 saturated heterocycles. The highest BCUT2D eigenvalue weighted by atomic mass is 19.4. The van der Waals surface area contributed by atoms with Crippen molar-refractivity contribution >= 4 is 5.97 Å². The van der Waals surface area contributed by atoms with Crippen molar-refractivity contribution < 1.29 is 23.1 Å². The van der Waals surface area contributed by atoms with Crippen molar-refractivity contribution in [3.8, 4) is 0 Å². The lowest BCUT2D eigenvalue weighted by Crippen LogP contribution is -2.04. The van der Waals surface area contributed by atoms with E-state index >= 15 is 0 Å². The maximum absolute atomic E-state index is 11.9. The number of carbonyl (C=O) groups is 1. The van der Waals surface area contributed by atoms with Crippen LogP contribution in [0.4, 0.5) is 13.2 Å². The van der Waals surface area contributed by atoms with E-state index < -0.39 is 24.3 Å². The Morgan fingerprint density at radius 3 is 2.62 bits per heavy atom. The van der Waals surface area contributed by atoms with Crippen molar-refractivity contribution in [3.05, 3.63) is 17.5 Å². The molecule has 0 aliphatic carbocycles. The summed E-state index contributed by atoms with van der Waals surface area (Å²) in [5, 5.41) is 13.2. The molecule has 0 aliphatic heterocycles. The Labute approximate surface area is 70.4 Å². The average molecular weight is 194 g/mol. The average Bonchev–Trinajstić information content (AvgIpc) is 2.32. The monoisotopic (exact) mass is 194 g/mol. The minimum Gasteiger partial charge on any atom is -0.481 e. The van der Waals surface area contributed by atoms with Gasteiger partial charge in [-0.1, -0.05) is 0 Å². The molecule has 0 radical (unpaired) electrons. The van der Waals surface area contributed by atoms with Gasteiger partial charge in [-0.3, -0.25) is 9.89 Å². The van der Waals surface area contributed by atoms with Gasteiger partial charge in [-0.15, -0.1) is 0 Å². The summed E-state index contributed by atoms with van der Waals surface area (Å²) in [5.41, 5.74) is -1.18. The number of nitrogens with one attached hydrogen (secondary N) is 1. The fourth-order valence-electron chi connectivity index (χ4n) is 0.760. The number of carboxylic acids is 1. The number of aromatic nitrogens is 2. The van der Waals surface area contributed by atoms with Crippen LogP contribution in [0.3, 0.4) is 0 Å². The summed E-state index contributed by atoms with van der Waals surface area (Å²) >= 11 is 0. The van der Waals surface area contributed by atoms with Crippen LogP contribution >= 0.6 is 0 Å². The molecule has 0 amide bonds. The van der Waals surface area contributed by atoms with Crippen molar-refractivity contribution in [1.82, 2.24) is 10.2 Å². The second-order valence-electron chi connectivity index (χ2n) is 2.35. The largest absolute Gasteiger partial charge is 0.481 e. The first-order valence-electron chi connectivity index (χ1n) is 3.23. The van der Waals surface area contributed by atoms with Gasteiger partial charge in [-0.05, 0) is 6.07 Å². The third-order valence-electron chi connectivity index (χ3n) is 1.26. The maximum Gasteiger partial charge on any atom is 0.435 e. The first-order valence-corrected chi connectivity index (χ1v) is 3.23. The van der Waals surface area contributed by atoms with Crippen molar-refractivity contribution in [3.63, 3.8) is 0 Å². The van der Waals surface area contributed by atoms with E-state index in [-0.39, 0.29) is 5.69 Å². The number of H-pyrrole nitrogens is 1. The third-order valence-corrected chi connectivity index (χ3v) is 1.26. The lowest BCUT2D eigenvalue weighted by atomic mass is 10.3. The molecule has 4 nitrogen and oxygen atoms in total. The normalized spacial score (nSPS) is 11.6. The highest BCUT2D eigenvalue weighted by Gasteiger charge is 2.33. The Morgan fingerprint density at radius 2 is 2.23 bits per heavy atom. The molecule has 0 bridgehead atoms. The van der Waals surface area contributed by atoms with E-state index in [0.29, 0.717) is 6.07 Å². The summed E-state index contributed by atoms with van der Waals surface area (Å²) in [4.78, 5) is 10.1. The van der Waals surface area contributed by atoms with Crippen molar-refractivity contribution in [2.24, 2.45) is 0 Å². The first-order chi connectivity index (χ1) is 5.89. The molecule has 1 rings (SSSR count). The van der Waals surface area contributed by atoms with Crippen molar-refractivity contribution in [2.75, 3.05) is 0 Å². The summed E-state index contributed by atoms with van der Waals surface area (Å²) in [6.45, 7) is 0. The zero-order valence-electron chi connectivity index (χ0n) is 6.22. The molecule has 1 heterocycles. The Morgan fingerprint density at radius 1 is 1.62 bits per heavy atom. The molecule has 72 valence electrons. The molecule has 1 aromatic heterocycles. The summed E-state index contributed by atoms with van der Waals surface area (Å²) in [5.74, 6) is -1.21. The summed E-state index contributed by atoms with van der Waals surface area (Å²) in [6.07, 6.45) is -5.03. The van der Waals surface area contributed by atoms with Gasteiger partial charge >= 0.3 is 12.1 Å². The summed E-state index contributed by atoms with van der Waals surface area (Å²) in [7, 11) is 0. The number of halogens is 3. The number of alkyl halides is 3. The van der Waals surface area contributed by atoms with Gasteiger partial charge in [0.2, 0.25) is 0 Å². The van der Waals surface area contributed by atoms with Gasteiger partial charge in [0.25, 0.3) is 0 Å². The summed E-state index contributed by atoms with van der Waals surface area (Å²) in [6, 6.07) is 0.675. The van der Waals surface area contributed by atoms with Crippen molar-refractivity contribution in [2.45, 2.75) is 12.6 Å². The fraction of sp³-hybridized carbons (Fsp3) is 0.333. The second-order valence-corrected chi connectivity index (χ2v) is 2.35. The van der Waals surface area contributed by atoms with Gasteiger partial charge in [0, 0.05) is 5.69 Å². The van der Waals surface area contributed by atoms with Gasteiger partial charge in [0.05, 0.1) is 6.42 Å². The van der Waals surface area contributed by atoms with E-state index in [0.717, 1.165) is 0 Å². The number of hydrogen-bond donors (Lipinski definition) is 2. The zero-order chi connectivity index (χ0) is 10.1. The third kappa shape index (κ3) is 2.46. The molecule has 7 heteroatoms. The minimum absolute atomic E-state index is 0.0696. The van der Waals surface area contributed by atoms with Crippen LogP contribution in [0.1, 0.15) is 11.4 Å². The van der Waals surface area contributed by atoms with Gasteiger partial charge < -0.3 is 5.11 Å². The van der Waals surface area contributed by atoms with E-state index in [4.69, 9.17) is 5.11 Å². The Kier molecular flexibility index (Phi) is 2.26. The second kappa shape index (κ2) is 3.08. The molecule has 0 saturated carbocycles. The minimum atomic E-state index is -4.53. The topological polar surface area (TPSA) is 66.0 Å². The SMILES string of the molecule is O=C(O)Cc1cc(C(F)(F)F)n[nH]1. The van der Waals surface area contributed by atoms with Gasteiger partial charge in [0.15, 0.2) is 5.69 Å². The molecule has 0 spiro atoms. The van der Waals surface area contributed by atoms with Crippen LogP contribution in [0.15, 0.2) is 6.07 Å². The highest BCUT2D eigenvalue weighted by Crippen LogP contribution is 2.27. The highest BCUT2D eigenvalue weighted by molar-refractivity contribution is 5.69. The molecule has 0 aliphatic rings. The predicted molar refractivity (Wildman–Crippen MR) is 34.9 cm³/mol. The van der Waals surface area contributed by atoms with E-state index in [1.807, 2.05) is 5.10 Å². The van der Waals surface area contributed by atoms with E-state index in [2.05, 4.69) is 5.10 Å². The van der Waals surface area contributed by atoms with Crippen LogP contribution < -0.4 is 0 Å². The van der Waals surface area contributed by atoms with Gasteiger partial charge in [-0.2, -0.15) is 18.3 Å². The van der Waals surface area contributed by atoms with Gasteiger partial charge in [-0.25, -0.2) is 0 Å². The molecule has 0 fully saturated rings. The maximum atomic E-state index is 11.9. The van der Waals surface area contributed by atoms with Crippen LogP contribution in [0.25, 0.3) is 0 Å². The number of aromatic amines is 1. The zero-order valence-corrected chi connectivity index (χ0v) is 6.22. The van der Waals surface area contributed by atoms with E-state index in [9.17, 15) is 18.0 Å². The molecule has 0 aromatic carbocycles. The number of carboxylic acid groups (broad SMARTS) is 1. The molecule has 1 aromatic rings. The predicted octanol–water partition coefficient (Wildman–Crippen LogP) is 1.06. The number of rotatable bonds is 2. The van der Waals surface area contributed by atoms with Crippen LogP contribution in [0, 0.1) is 0 Å². The Bertz CT molecular complexity index is 318. The Hall–Kier alpha value is -1.53. The number of aliphatic carboxylic acids is 1.